The van der Waals surface area contributed by atoms with E-state index in [0.717, 1.165) is 5.56 Å². The van der Waals surface area contributed by atoms with Gasteiger partial charge in [-0.15, -0.1) is 0 Å². The Bertz CT molecular complexity index is 1850. The number of fused-ring (bicyclic) bond motifs is 1. The van der Waals surface area contributed by atoms with Crippen LogP contribution < -0.4 is 24.4 Å². The lowest BCUT2D eigenvalue weighted by molar-refractivity contribution is 0.0727. The van der Waals surface area contributed by atoms with Gasteiger partial charge in [-0.1, -0.05) is 30.3 Å². The Morgan fingerprint density at radius 3 is 2.22 bits per heavy atom. The van der Waals surface area contributed by atoms with Crippen molar-refractivity contribution < 1.29 is 32.9 Å². The van der Waals surface area contributed by atoms with Crippen molar-refractivity contribution in [1.82, 2.24) is 10.4 Å². The van der Waals surface area contributed by atoms with Gasteiger partial charge < -0.3 is 23.9 Å². The summed E-state index contributed by atoms with van der Waals surface area (Å²) in [6.45, 7) is 6.71. The lowest BCUT2D eigenvalue weighted by Crippen LogP contribution is -2.18. The molecule has 5 rings (SSSR count). The van der Waals surface area contributed by atoms with Crippen LogP contribution >= 0.6 is 0 Å². The third-order valence-corrected chi connectivity index (χ3v) is 6.68. The Kier molecular flexibility index (Phi) is 9.74. The van der Waals surface area contributed by atoms with E-state index in [-0.39, 0.29) is 17.0 Å². The molecule has 0 radical (unpaired) electrons. The fourth-order valence-corrected chi connectivity index (χ4v) is 4.75. The van der Waals surface area contributed by atoms with E-state index < -0.39 is 17.7 Å². The summed E-state index contributed by atoms with van der Waals surface area (Å²) >= 11 is 0. The number of rotatable bonds is 12. The number of hydrogen-bond acceptors (Lipinski definition) is 7. The van der Waals surface area contributed by atoms with Crippen molar-refractivity contribution >= 4 is 29.0 Å². The maximum Gasteiger partial charge on any atom is 0.343 e. The van der Waals surface area contributed by atoms with Crippen LogP contribution in [0.1, 0.15) is 47.2 Å². The minimum atomic E-state index is -0.596. The number of aromatic amines is 1. The van der Waals surface area contributed by atoms with E-state index in [4.69, 9.17) is 18.9 Å². The Balaban J connectivity index is 1.34. The number of carbonyl (C=O) groups is 2. The van der Waals surface area contributed by atoms with Gasteiger partial charge in [-0.25, -0.2) is 14.6 Å². The summed E-state index contributed by atoms with van der Waals surface area (Å²) in [6.07, 6.45) is 1.44. The molecule has 1 aromatic heterocycles. The molecular formula is C35H32FN3O6. The SMILES string of the molecule is CCOc1ccc(C(=O)Oc2ccc(C=NNC(=O)c3[nH]c4ccc(F)cc4c3-c3ccccc3)cc2OCC)cc1OCC. The Morgan fingerprint density at radius 1 is 0.800 bits per heavy atom. The first-order chi connectivity index (χ1) is 21.9. The van der Waals surface area contributed by atoms with E-state index in [1.165, 1.54) is 18.3 Å². The highest BCUT2D eigenvalue weighted by Gasteiger charge is 2.20. The Hall–Kier alpha value is -5.64. The summed E-state index contributed by atoms with van der Waals surface area (Å²) in [5, 5.41) is 4.71. The van der Waals surface area contributed by atoms with Gasteiger partial charge in [-0.05, 0) is 86.5 Å². The number of nitrogens with zero attached hydrogens (tertiary/aromatic N) is 1. The van der Waals surface area contributed by atoms with Crippen LogP contribution in [0.5, 0.6) is 23.0 Å². The van der Waals surface area contributed by atoms with Crippen LogP contribution in [-0.4, -0.2) is 42.9 Å². The molecule has 0 saturated carbocycles. The second-order valence-electron chi connectivity index (χ2n) is 9.69. The number of carbonyl (C=O) groups excluding carboxylic acids is 2. The third-order valence-electron chi connectivity index (χ3n) is 6.68. The zero-order valence-corrected chi connectivity index (χ0v) is 25.1. The van der Waals surface area contributed by atoms with Crippen molar-refractivity contribution in [1.29, 1.82) is 0 Å². The quantitative estimate of drug-likeness (QED) is 0.0673. The molecule has 0 unspecified atom stereocenters. The first kappa shape index (κ1) is 30.8. The van der Waals surface area contributed by atoms with Crippen molar-refractivity contribution in [2.24, 2.45) is 5.10 Å². The molecule has 4 aromatic carbocycles. The first-order valence-corrected chi connectivity index (χ1v) is 14.5. The Labute approximate surface area is 259 Å². The van der Waals surface area contributed by atoms with Gasteiger partial charge in [0.15, 0.2) is 23.0 Å². The number of esters is 1. The predicted octanol–water partition coefficient (Wildman–Crippen LogP) is 7.15. The molecule has 5 aromatic rings. The summed E-state index contributed by atoms with van der Waals surface area (Å²) < 4.78 is 36.7. The van der Waals surface area contributed by atoms with Gasteiger partial charge in [0.1, 0.15) is 11.5 Å². The molecule has 45 heavy (non-hydrogen) atoms. The van der Waals surface area contributed by atoms with Crippen LogP contribution in [0.25, 0.3) is 22.0 Å². The van der Waals surface area contributed by atoms with Crippen molar-refractivity contribution in [3.8, 4) is 34.1 Å². The zero-order chi connectivity index (χ0) is 31.8. The summed E-state index contributed by atoms with van der Waals surface area (Å²) in [7, 11) is 0. The highest BCUT2D eigenvalue weighted by molar-refractivity contribution is 6.09. The van der Waals surface area contributed by atoms with Crippen LogP contribution in [0.2, 0.25) is 0 Å². The molecule has 0 fully saturated rings. The van der Waals surface area contributed by atoms with Crippen LogP contribution in [-0.2, 0) is 0 Å². The van der Waals surface area contributed by atoms with Crippen LogP contribution in [0.15, 0.2) is 90.0 Å². The predicted molar refractivity (Wildman–Crippen MR) is 170 cm³/mol. The van der Waals surface area contributed by atoms with Crippen molar-refractivity contribution in [3.63, 3.8) is 0 Å². The zero-order valence-electron chi connectivity index (χ0n) is 25.1. The molecule has 0 aliphatic heterocycles. The minimum absolute atomic E-state index is 0.215. The maximum absolute atomic E-state index is 14.1. The number of H-pyrrole nitrogens is 1. The number of aromatic nitrogens is 1. The van der Waals surface area contributed by atoms with E-state index in [9.17, 15) is 14.0 Å². The molecule has 1 amide bonds. The summed E-state index contributed by atoms with van der Waals surface area (Å²) in [5.74, 6) is 0.0193. The molecule has 0 bridgehead atoms. The topological polar surface area (TPSA) is 111 Å². The normalized spacial score (nSPS) is 11.0. The number of nitrogens with one attached hydrogen (secondary N) is 2. The van der Waals surface area contributed by atoms with Gasteiger partial charge >= 0.3 is 5.97 Å². The van der Waals surface area contributed by atoms with E-state index in [1.807, 2.05) is 51.1 Å². The average molecular weight is 610 g/mol. The largest absolute Gasteiger partial charge is 0.490 e. The van der Waals surface area contributed by atoms with Crippen molar-refractivity contribution in [3.05, 3.63) is 108 Å². The standard InChI is InChI=1S/C35H32FN3O6/c1-4-42-28-17-13-24(19-31(28)44-6-3)35(41)45-29-16-12-22(18-30(29)43-5-2)21-37-39-34(40)33-32(23-10-8-7-9-11-23)26-20-25(36)14-15-27(26)38-33/h7-21,38H,4-6H2,1-3H3,(H,39,40). The molecule has 0 spiro atoms. The Morgan fingerprint density at radius 2 is 1.49 bits per heavy atom. The number of hydrazone groups is 1. The maximum atomic E-state index is 14.1. The van der Waals surface area contributed by atoms with E-state index in [2.05, 4.69) is 15.5 Å². The third kappa shape index (κ3) is 7.13. The molecule has 2 N–H and O–H groups in total. The van der Waals surface area contributed by atoms with E-state index >= 15 is 0 Å². The molecule has 10 heteroatoms. The second kappa shape index (κ2) is 14.2. The number of ether oxygens (including phenoxy) is 4. The lowest BCUT2D eigenvalue weighted by Gasteiger charge is -2.13. The van der Waals surface area contributed by atoms with Crippen LogP contribution in [0, 0.1) is 5.82 Å². The van der Waals surface area contributed by atoms with Gasteiger partial charge in [-0.3, -0.25) is 4.79 Å². The smallest absolute Gasteiger partial charge is 0.343 e. The molecule has 9 nitrogen and oxygen atoms in total. The number of hydrogen-bond donors (Lipinski definition) is 2. The summed E-state index contributed by atoms with van der Waals surface area (Å²) in [6, 6.07) is 23.3. The molecule has 0 atom stereocenters. The fraction of sp³-hybridized carbons (Fsp3) is 0.171. The molecule has 0 aliphatic rings. The van der Waals surface area contributed by atoms with Crippen LogP contribution in [0.3, 0.4) is 0 Å². The highest BCUT2D eigenvalue weighted by Crippen LogP contribution is 2.34. The molecule has 0 saturated heterocycles. The lowest BCUT2D eigenvalue weighted by atomic mass is 10.0. The van der Waals surface area contributed by atoms with Gasteiger partial charge in [-0.2, -0.15) is 5.10 Å². The van der Waals surface area contributed by atoms with Gasteiger partial charge in [0.2, 0.25) is 0 Å². The van der Waals surface area contributed by atoms with E-state index in [1.54, 1.807) is 42.5 Å². The number of benzene rings is 4. The molecular weight excluding hydrogens is 577 g/mol. The van der Waals surface area contributed by atoms with Gasteiger partial charge in [0.25, 0.3) is 5.91 Å². The highest BCUT2D eigenvalue weighted by atomic mass is 19.1. The molecule has 0 aliphatic carbocycles. The number of halogens is 1. The average Bonchev–Trinajstić information content (AvgIpc) is 3.42. The minimum Gasteiger partial charge on any atom is -0.490 e. The summed E-state index contributed by atoms with van der Waals surface area (Å²) in [4.78, 5) is 29.3. The van der Waals surface area contributed by atoms with E-state index in [0.29, 0.717) is 59.1 Å². The van der Waals surface area contributed by atoms with Crippen molar-refractivity contribution in [2.45, 2.75) is 20.8 Å². The van der Waals surface area contributed by atoms with Gasteiger partial charge in [0.05, 0.1) is 31.6 Å². The first-order valence-electron chi connectivity index (χ1n) is 14.5. The second-order valence-corrected chi connectivity index (χ2v) is 9.69. The molecule has 1 heterocycles. The van der Waals surface area contributed by atoms with Gasteiger partial charge in [0, 0.05) is 16.5 Å². The number of amides is 1. The summed E-state index contributed by atoms with van der Waals surface area (Å²) in [5.41, 5.74) is 5.61. The monoisotopic (exact) mass is 609 g/mol. The molecule has 230 valence electrons. The van der Waals surface area contributed by atoms with Crippen molar-refractivity contribution in [2.75, 3.05) is 19.8 Å². The fourth-order valence-electron chi connectivity index (χ4n) is 4.75. The van der Waals surface area contributed by atoms with Crippen LogP contribution in [0.4, 0.5) is 4.39 Å².